The standard InChI is InChI=1S/C37H50.2CH3.Hf/c1-13-25-15-29-17-27(21(3)4)19-31(23(7)8)33(29)35(25)37(11,12)36-26(14-2)16-30-18-28(22(5)6)20-32(24(9)10)34(30)36;;;/h15-24H,13-14H2,1-12H3;2*1H3;. The summed E-state index contributed by atoms with van der Waals surface area (Å²) in [5.74, 6) is 2.17. The average Bonchev–Trinajstić information content (AvgIpc) is 3.41. The molecule has 0 saturated carbocycles. The van der Waals surface area contributed by atoms with Crippen LogP contribution in [-0.2, 0) is 20.0 Å². The van der Waals surface area contributed by atoms with Crippen LogP contribution in [0.1, 0.15) is 171 Å². The van der Waals surface area contributed by atoms with E-state index < -0.39 is 20.0 Å². The molecule has 216 valence electrons. The molecule has 2 aromatic carbocycles. The maximum absolute atomic E-state index is 3.13. The average molecular weight is 703 g/mol. The van der Waals surface area contributed by atoms with Crippen molar-refractivity contribution in [3.05, 3.63) is 79.9 Å². The first-order valence-corrected chi connectivity index (χ1v) is 27.8. The van der Waals surface area contributed by atoms with Crippen LogP contribution in [0.3, 0.4) is 0 Å². The van der Waals surface area contributed by atoms with Gasteiger partial charge in [-0.15, -0.1) is 0 Å². The van der Waals surface area contributed by atoms with E-state index in [9.17, 15) is 0 Å². The van der Waals surface area contributed by atoms with E-state index in [0.29, 0.717) is 31.0 Å². The third-order valence-electron chi connectivity index (χ3n) is 11.0. The Labute approximate surface area is 251 Å². The van der Waals surface area contributed by atoms with Gasteiger partial charge >= 0.3 is 253 Å². The van der Waals surface area contributed by atoms with Crippen LogP contribution < -0.4 is 0 Å². The molecule has 0 radical (unpaired) electrons. The van der Waals surface area contributed by atoms with Gasteiger partial charge in [0.1, 0.15) is 0 Å². The zero-order valence-corrected chi connectivity index (χ0v) is 31.8. The fourth-order valence-corrected chi connectivity index (χ4v) is 26.7. The van der Waals surface area contributed by atoms with E-state index >= 15 is 0 Å². The van der Waals surface area contributed by atoms with Crippen molar-refractivity contribution in [3.63, 3.8) is 0 Å². The molecule has 5 rings (SSSR count). The fourth-order valence-electron chi connectivity index (χ4n) is 9.20. The second-order valence-electron chi connectivity index (χ2n) is 15.6. The first kappa shape index (κ1) is 30.3. The van der Waals surface area contributed by atoms with Crippen molar-refractivity contribution >= 4 is 11.1 Å². The van der Waals surface area contributed by atoms with Crippen molar-refractivity contribution in [2.24, 2.45) is 5.41 Å². The molecule has 1 aliphatic heterocycles. The monoisotopic (exact) mass is 704 g/mol. The molecule has 2 aromatic rings. The topological polar surface area (TPSA) is 0 Å². The number of hydrogen-bond donors (Lipinski definition) is 0. The third kappa shape index (κ3) is 4.13. The molecule has 4 bridgehead atoms. The van der Waals surface area contributed by atoms with Gasteiger partial charge in [-0.3, -0.25) is 0 Å². The first-order valence-electron chi connectivity index (χ1n) is 16.4. The van der Waals surface area contributed by atoms with Crippen molar-refractivity contribution in [1.29, 1.82) is 0 Å². The number of allylic oxidation sites excluding steroid dienone is 4. The van der Waals surface area contributed by atoms with E-state index in [1.54, 1.807) is 55.7 Å². The summed E-state index contributed by atoms with van der Waals surface area (Å²) >= 11 is -3.13. The number of rotatable bonds is 6. The summed E-state index contributed by atoms with van der Waals surface area (Å²) < 4.78 is 7.03. The van der Waals surface area contributed by atoms with Crippen molar-refractivity contribution < 1.29 is 20.0 Å². The van der Waals surface area contributed by atoms with Crippen LogP contribution in [0.5, 0.6) is 0 Å². The van der Waals surface area contributed by atoms with Crippen LogP contribution >= 0.6 is 0 Å². The van der Waals surface area contributed by atoms with Crippen molar-refractivity contribution in [2.45, 2.75) is 136 Å². The van der Waals surface area contributed by atoms with Crippen LogP contribution in [-0.4, -0.2) is 0 Å². The van der Waals surface area contributed by atoms with Crippen molar-refractivity contribution in [1.82, 2.24) is 0 Å². The van der Waals surface area contributed by atoms with E-state index in [1.165, 1.54) is 12.8 Å². The molecule has 1 heteroatoms. The SMILES string of the molecule is CCC1=C2c3c(C(C)C)cc(C(C)C)cc3[CH]1[Hf]([CH3])([CH3])[CH]1C(CC)=C(c3c(C(C)C)cc(C(C)C)cc31)C2(C)C. The van der Waals surface area contributed by atoms with Gasteiger partial charge in [0.2, 0.25) is 0 Å². The first-order chi connectivity index (χ1) is 18.6. The molecule has 0 amide bonds. The Kier molecular flexibility index (Phi) is 7.72. The number of fused-ring (bicyclic) bond motifs is 8. The second-order valence-corrected chi connectivity index (χ2v) is 32.8. The van der Waals surface area contributed by atoms with Gasteiger partial charge in [-0.2, -0.15) is 0 Å². The summed E-state index contributed by atoms with van der Waals surface area (Å²) in [6.07, 6.45) is 2.37. The van der Waals surface area contributed by atoms with Crippen molar-refractivity contribution in [3.8, 4) is 0 Å². The Morgan fingerprint density at radius 3 is 1.23 bits per heavy atom. The summed E-state index contributed by atoms with van der Waals surface area (Å²) in [6, 6.07) is 10.6. The Morgan fingerprint density at radius 1 is 0.600 bits per heavy atom. The van der Waals surface area contributed by atoms with Crippen LogP contribution in [0.4, 0.5) is 0 Å². The van der Waals surface area contributed by atoms with Crippen LogP contribution in [0.25, 0.3) is 11.1 Å². The predicted octanol–water partition coefficient (Wildman–Crippen LogP) is 12.6. The van der Waals surface area contributed by atoms with E-state index in [2.05, 4.69) is 117 Å². The Morgan fingerprint density at radius 2 is 0.950 bits per heavy atom. The molecular weight excluding hydrogens is 647 g/mol. The summed E-state index contributed by atoms with van der Waals surface area (Å²) in [5, 5.41) is 0. The minimum absolute atomic E-state index is 0.0139. The Bertz CT molecular complexity index is 1310. The zero-order chi connectivity index (χ0) is 29.6. The Hall–Kier alpha value is -1.21. The summed E-state index contributed by atoms with van der Waals surface area (Å²) in [7, 11) is 0. The van der Waals surface area contributed by atoms with Gasteiger partial charge in [0.15, 0.2) is 0 Å². The van der Waals surface area contributed by atoms with Crippen LogP contribution in [0.2, 0.25) is 9.36 Å². The minimum atomic E-state index is -3.13. The van der Waals surface area contributed by atoms with E-state index in [-0.39, 0.29) is 5.41 Å². The normalized spacial score (nSPS) is 22.6. The maximum atomic E-state index is 2.85. The molecule has 0 fully saturated rings. The quantitative estimate of drug-likeness (QED) is 0.263. The molecule has 1 heterocycles. The van der Waals surface area contributed by atoms with Gasteiger partial charge in [-0.25, -0.2) is 0 Å². The van der Waals surface area contributed by atoms with E-state index in [1.807, 2.05) is 11.1 Å². The van der Waals surface area contributed by atoms with Gasteiger partial charge in [0.25, 0.3) is 0 Å². The Balaban J connectivity index is 1.97. The van der Waals surface area contributed by atoms with Gasteiger partial charge in [-0.05, 0) is 0 Å². The van der Waals surface area contributed by atoms with Crippen LogP contribution in [0.15, 0.2) is 35.4 Å². The summed E-state index contributed by atoms with van der Waals surface area (Å²) in [6.45, 7) is 29.4. The molecule has 0 nitrogen and oxygen atoms in total. The molecule has 2 aliphatic carbocycles. The second kappa shape index (κ2) is 10.2. The zero-order valence-electron chi connectivity index (χ0n) is 28.2. The molecule has 0 saturated heterocycles. The van der Waals surface area contributed by atoms with Gasteiger partial charge in [0.05, 0.1) is 0 Å². The molecule has 0 N–H and O–H groups in total. The molecule has 3 aliphatic rings. The molecule has 0 aromatic heterocycles. The van der Waals surface area contributed by atoms with E-state index in [0.717, 1.165) is 0 Å². The third-order valence-corrected chi connectivity index (χ3v) is 26.4. The number of hydrogen-bond acceptors (Lipinski definition) is 0. The molecular formula is C39H56Hf. The van der Waals surface area contributed by atoms with Crippen molar-refractivity contribution in [2.75, 3.05) is 0 Å². The predicted molar refractivity (Wildman–Crippen MR) is 175 cm³/mol. The summed E-state index contributed by atoms with van der Waals surface area (Å²) in [4.78, 5) is 0. The summed E-state index contributed by atoms with van der Waals surface area (Å²) in [5.41, 5.74) is 20.2. The molecule has 2 unspecified atom stereocenters. The van der Waals surface area contributed by atoms with Crippen LogP contribution in [0, 0.1) is 5.41 Å². The van der Waals surface area contributed by atoms with Gasteiger partial charge in [0, 0.05) is 0 Å². The van der Waals surface area contributed by atoms with E-state index in [4.69, 9.17) is 0 Å². The molecule has 40 heavy (non-hydrogen) atoms. The number of benzene rings is 2. The fraction of sp³-hybridized carbons (Fsp3) is 0.590. The van der Waals surface area contributed by atoms with Gasteiger partial charge < -0.3 is 0 Å². The molecule has 0 spiro atoms. The van der Waals surface area contributed by atoms with Gasteiger partial charge in [-0.1, -0.05) is 0 Å². The molecule has 2 atom stereocenters.